The second-order valence-corrected chi connectivity index (χ2v) is 4.42. The van der Waals surface area contributed by atoms with Crippen LogP contribution >= 0.6 is 11.6 Å². The van der Waals surface area contributed by atoms with E-state index in [-0.39, 0.29) is 29.4 Å². The van der Waals surface area contributed by atoms with Crippen LogP contribution in [-0.4, -0.2) is 12.4 Å². The first kappa shape index (κ1) is 13.6. The first-order chi connectivity index (χ1) is 9.16. The molecule has 0 saturated heterocycles. The fourth-order valence-electron chi connectivity index (χ4n) is 1.63. The van der Waals surface area contributed by atoms with E-state index >= 15 is 0 Å². The maximum Gasteiger partial charge on any atom is 0.174 e. The Kier molecular flexibility index (Phi) is 4.53. The second kappa shape index (κ2) is 6.34. The molecule has 4 heteroatoms. The Morgan fingerprint density at radius 1 is 1.11 bits per heavy atom. The van der Waals surface area contributed by atoms with Crippen LogP contribution in [0.4, 0.5) is 4.39 Å². The highest BCUT2D eigenvalue weighted by Crippen LogP contribution is 2.19. The van der Waals surface area contributed by atoms with Crippen LogP contribution in [0.25, 0.3) is 0 Å². The number of ketones is 1. The van der Waals surface area contributed by atoms with E-state index in [1.54, 1.807) is 18.2 Å². The minimum atomic E-state index is -0.472. The standard InChI is InChI=1S/C15H12ClFO2/c16-14-7-4-8-15(17)13(14)9-11(18)10-19-12-5-2-1-3-6-12/h1-8H,9-10H2. The summed E-state index contributed by atoms with van der Waals surface area (Å²) in [6, 6.07) is 13.3. The minimum Gasteiger partial charge on any atom is -0.486 e. The van der Waals surface area contributed by atoms with Crippen LogP contribution in [-0.2, 0) is 11.2 Å². The minimum absolute atomic E-state index is 0.0711. The molecule has 0 heterocycles. The molecule has 98 valence electrons. The third-order valence-electron chi connectivity index (χ3n) is 2.58. The Morgan fingerprint density at radius 3 is 2.53 bits per heavy atom. The molecule has 0 N–H and O–H groups in total. The van der Waals surface area contributed by atoms with Crippen molar-refractivity contribution in [1.82, 2.24) is 0 Å². The zero-order valence-corrected chi connectivity index (χ0v) is 10.9. The molecule has 0 aliphatic carbocycles. The zero-order valence-electron chi connectivity index (χ0n) is 10.1. The number of rotatable bonds is 5. The van der Waals surface area contributed by atoms with Crippen molar-refractivity contribution in [2.24, 2.45) is 0 Å². The van der Waals surface area contributed by atoms with Crippen LogP contribution in [0.3, 0.4) is 0 Å². The molecule has 0 aromatic heterocycles. The fraction of sp³-hybridized carbons (Fsp3) is 0.133. The molecule has 0 radical (unpaired) electrons. The molecule has 0 aliphatic heterocycles. The molecule has 19 heavy (non-hydrogen) atoms. The number of carbonyl (C=O) groups excluding carboxylic acids is 1. The largest absolute Gasteiger partial charge is 0.486 e. The molecule has 0 aliphatic rings. The van der Waals surface area contributed by atoms with E-state index in [2.05, 4.69) is 0 Å². The van der Waals surface area contributed by atoms with Gasteiger partial charge in [-0.15, -0.1) is 0 Å². The Balaban J connectivity index is 1.95. The van der Waals surface area contributed by atoms with Gasteiger partial charge in [-0.05, 0) is 24.3 Å². The number of carbonyl (C=O) groups is 1. The Hall–Kier alpha value is -1.87. The summed E-state index contributed by atoms with van der Waals surface area (Å²) < 4.78 is 18.8. The highest BCUT2D eigenvalue weighted by atomic mass is 35.5. The predicted octanol–water partition coefficient (Wildman–Crippen LogP) is 3.67. The van der Waals surface area contributed by atoms with Gasteiger partial charge < -0.3 is 4.74 Å². The van der Waals surface area contributed by atoms with Crippen LogP contribution in [0, 0.1) is 5.82 Å². The smallest absolute Gasteiger partial charge is 0.174 e. The first-order valence-electron chi connectivity index (χ1n) is 5.79. The van der Waals surface area contributed by atoms with Crippen LogP contribution in [0.1, 0.15) is 5.56 Å². The molecule has 2 aromatic carbocycles. The Bertz CT molecular complexity index is 549. The number of hydrogen-bond acceptors (Lipinski definition) is 2. The highest BCUT2D eigenvalue weighted by molar-refractivity contribution is 6.31. The van der Waals surface area contributed by atoms with Gasteiger partial charge >= 0.3 is 0 Å². The van der Waals surface area contributed by atoms with Crippen molar-refractivity contribution in [3.8, 4) is 5.75 Å². The van der Waals surface area contributed by atoms with E-state index in [0.29, 0.717) is 5.75 Å². The quantitative estimate of drug-likeness (QED) is 0.834. The summed E-state index contributed by atoms with van der Waals surface area (Å²) in [7, 11) is 0. The first-order valence-corrected chi connectivity index (χ1v) is 6.17. The normalized spacial score (nSPS) is 10.2. The van der Waals surface area contributed by atoms with Gasteiger partial charge in [0.25, 0.3) is 0 Å². The van der Waals surface area contributed by atoms with E-state index in [4.69, 9.17) is 16.3 Å². The summed E-state index contributed by atoms with van der Waals surface area (Å²) in [5, 5.41) is 0.257. The van der Waals surface area contributed by atoms with Crippen molar-refractivity contribution in [2.45, 2.75) is 6.42 Å². The lowest BCUT2D eigenvalue weighted by molar-refractivity contribution is -0.120. The second-order valence-electron chi connectivity index (χ2n) is 4.02. The van der Waals surface area contributed by atoms with E-state index in [1.807, 2.05) is 18.2 Å². The molecule has 2 rings (SSSR count). The number of ether oxygens (including phenoxy) is 1. The molecule has 0 unspecified atom stereocenters. The van der Waals surface area contributed by atoms with Crippen LogP contribution in [0.5, 0.6) is 5.75 Å². The van der Waals surface area contributed by atoms with Gasteiger partial charge in [-0.1, -0.05) is 35.9 Å². The molecule has 2 aromatic rings. The topological polar surface area (TPSA) is 26.3 Å². The van der Waals surface area contributed by atoms with E-state index in [1.165, 1.54) is 12.1 Å². The van der Waals surface area contributed by atoms with Gasteiger partial charge in [0.2, 0.25) is 0 Å². The maximum atomic E-state index is 13.5. The molecule has 0 fully saturated rings. The lowest BCUT2D eigenvalue weighted by atomic mass is 10.1. The average molecular weight is 279 g/mol. The van der Waals surface area contributed by atoms with Crippen molar-refractivity contribution >= 4 is 17.4 Å². The molecule has 0 spiro atoms. The van der Waals surface area contributed by atoms with Crippen LogP contribution in [0.2, 0.25) is 5.02 Å². The van der Waals surface area contributed by atoms with Crippen molar-refractivity contribution in [1.29, 1.82) is 0 Å². The Labute approximate surface area is 115 Å². The third kappa shape index (κ3) is 3.80. The summed E-state index contributed by atoms with van der Waals surface area (Å²) >= 11 is 5.86. The number of Topliss-reactive ketones (excluding diaryl/α,β-unsaturated/α-hetero) is 1. The van der Waals surface area contributed by atoms with E-state index < -0.39 is 5.82 Å². The summed E-state index contributed by atoms with van der Waals surface area (Å²) in [5.41, 5.74) is 0.214. The van der Waals surface area contributed by atoms with Gasteiger partial charge in [0, 0.05) is 17.0 Å². The van der Waals surface area contributed by atoms with Crippen LogP contribution < -0.4 is 4.74 Å². The molecule has 0 atom stereocenters. The lowest BCUT2D eigenvalue weighted by Gasteiger charge is -2.07. The van der Waals surface area contributed by atoms with Crippen molar-refractivity contribution in [2.75, 3.05) is 6.61 Å². The average Bonchev–Trinajstić information content (AvgIpc) is 2.42. The van der Waals surface area contributed by atoms with Crippen LogP contribution in [0.15, 0.2) is 48.5 Å². The molecular weight excluding hydrogens is 267 g/mol. The number of benzene rings is 2. The van der Waals surface area contributed by atoms with E-state index in [9.17, 15) is 9.18 Å². The molecule has 0 bridgehead atoms. The van der Waals surface area contributed by atoms with Gasteiger partial charge in [0.1, 0.15) is 18.2 Å². The maximum absolute atomic E-state index is 13.5. The number of halogens is 2. The SMILES string of the molecule is O=C(COc1ccccc1)Cc1c(F)cccc1Cl. The molecule has 2 nitrogen and oxygen atoms in total. The fourth-order valence-corrected chi connectivity index (χ4v) is 1.86. The monoisotopic (exact) mass is 278 g/mol. The van der Waals surface area contributed by atoms with Gasteiger partial charge in [-0.3, -0.25) is 4.79 Å². The summed E-state index contributed by atoms with van der Waals surface area (Å²) in [5.74, 6) is -0.0908. The van der Waals surface area contributed by atoms with Crippen molar-refractivity contribution in [3.05, 3.63) is 64.9 Å². The van der Waals surface area contributed by atoms with Gasteiger partial charge in [-0.25, -0.2) is 4.39 Å². The van der Waals surface area contributed by atoms with Gasteiger partial charge in [0.15, 0.2) is 5.78 Å². The molecule has 0 saturated carbocycles. The lowest BCUT2D eigenvalue weighted by Crippen LogP contribution is -2.14. The number of hydrogen-bond donors (Lipinski definition) is 0. The van der Waals surface area contributed by atoms with E-state index in [0.717, 1.165) is 0 Å². The summed E-state index contributed by atoms with van der Waals surface area (Å²) in [4.78, 5) is 11.7. The van der Waals surface area contributed by atoms with Gasteiger partial charge in [0.05, 0.1) is 0 Å². The van der Waals surface area contributed by atoms with Crippen molar-refractivity contribution in [3.63, 3.8) is 0 Å². The van der Waals surface area contributed by atoms with Gasteiger partial charge in [-0.2, -0.15) is 0 Å². The zero-order chi connectivity index (χ0) is 13.7. The number of para-hydroxylation sites is 1. The molecular formula is C15H12ClFO2. The predicted molar refractivity (Wildman–Crippen MR) is 72.1 cm³/mol. The molecule has 0 amide bonds. The highest BCUT2D eigenvalue weighted by Gasteiger charge is 2.12. The summed E-state index contributed by atoms with van der Waals surface area (Å²) in [6.45, 7) is -0.103. The third-order valence-corrected chi connectivity index (χ3v) is 2.93. The van der Waals surface area contributed by atoms with Crippen molar-refractivity contribution < 1.29 is 13.9 Å². The summed E-state index contributed by atoms with van der Waals surface area (Å²) in [6.07, 6.45) is -0.0711. The Morgan fingerprint density at radius 2 is 1.84 bits per heavy atom.